The number of ether oxygens (including phenoxy) is 2. The van der Waals surface area contributed by atoms with Crippen molar-refractivity contribution in [2.75, 3.05) is 20.8 Å². The third kappa shape index (κ3) is 5.95. The molecule has 1 fully saturated rings. The van der Waals surface area contributed by atoms with Crippen LogP contribution in [0.1, 0.15) is 50.5 Å². The highest BCUT2D eigenvalue weighted by Crippen LogP contribution is 2.28. The summed E-state index contributed by atoms with van der Waals surface area (Å²) in [6.07, 6.45) is 9.52. The van der Waals surface area contributed by atoms with Crippen molar-refractivity contribution in [1.29, 1.82) is 0 Å². The lowest BCUT2D eigenvalue weighted by Crippen LogP contribution is -2.32. The van der Waals surface area contributed by atoms with Gasteiger partial charge in [0.05, 0.1) is 20.8 Å². The highest BCUT2D eigenvalue weighted by molar-refractivity contribution is 5.77. The molecule has 0 heterocycles. The summed E-state index contributed by atoms with van der Waals surface area (Å²) in [6.45, 7) is 1.43. The first kappa shape index (κ1) is 18.4. The minimum absolute atomic E-state index is 0.508. The van der Waals surface area contributed by atoms with Gasteiger partial charge in [-0.25, -0.2) is 4.99 Å². The summed E-state index contributed by atoms with van der Waals surface area (Å²) in [6, 6.07) is 5.79. The van der Waals surface area contributed by atoms with Crippen LogP contribution < -0.4 is 20.5 Å². The molecule has 1 aromatic carbocycles. The quantitative estimate of drug-likeness (QED) is 0.434. The van der Waals surface area contributed by atoms with Gasteiger partial charge in [-0.1, -0.05) is 38.2 Å². The van der Waals surface area contributed by atoms with Crippen LogP contribution in [0, 0.1) is 5.92 Å². The lowest BCUT2D eigenvalue weighted by atomic mass is 9.86. The van der Waals surface area contributed by atoms with Crippen molar-refractivity contribution in [3.05, 3.63) is 23.8 Å². The van der Waals surface area contributed by atoms with E-state index in [0.717, 1.165) is 30.2 Å². The lowest BCUT2D eigenvalue weighted by Gasteiger charge is -2.21. The molecule has 134 valence electrons. The van der Waals surface area contributed by atoms with E-state index in [1.807, 2.05) is 18.2 Å². The molecule has 0 bridgehead atoms. The molecule has 0 spiro atoms. The van der Waals surface area contributed by atoms with Gasteiger partial charge in [0.15, 0.2) is 17.5 Å². The number of hydrogen-bond donors (Lipinski definition) is 2. The summed E-state index contributed by atoms with van der Waals surface area (Å²) in [5.41, 5.74) is 6.99. The number of guanidine groups is 1. The third-order valence-corrected chi connectivity index (χ3v) is 4.70. The van der Waals surface area contributed by atoms with Gasteiger partial charge in [-0.15, -0.1) is 0 Å². The first-order valence-corrected chi connectivity index (χ1v) is 8.97. The number of aliphatic imine (C=N–C) groups is 1. The van der Waals surface area contributed by atoms with Crippen LogP contribution in [0.3, 0.4) is 0 Å². The molecule has 24 heavy (non-hydrogen) atoms. The summed E-state index contributed by atoms with van der Waals surface area (Å²) in [7, 11) is 3.26. The maximum Gasteiger partial charge on any atom is 0.188 e. The van der Waals surface area contributed by atoms with Crippen molar-refractivity contribution < 1.29 is 9.47 Å². The van der Waals surface area contributed by atoms with Gasteiger partial charge < -0.3 is 20.5 Å². The molecule has 0 radical (unpaired) electrons. The first-order chi connectivity index (χ1) is 11.7. The SMILES string of the molecule is COc1ccc(CN=C(N)NCCCC2CCCCC2)cc1OC. The average molecular weight is 333 g/mol. The Kier molecular flexibility index (Phi) is 7.72. The molecule has 0 unspecified atom stereocenters. The van der Waals surface area contributed by atoms with E-state index in [9.17, 15) is 0 Å². The highest BCUT2D eigenvalue weighted by atomic mass is 16.5. The zero-order valence-corrected chi connectivity index (χ0v) is 15.0. The van der Waals surface area contributed by atoms with Gasteiger partial charge in [0.1, 0.15) is 0 Å². The third-order valence-electron chi connectivity index (χ3n) is 4.70. The monoisotopic (exact) mass is 333 g/mol. The van der Waals surface area contributed by atoms with E-state index in [1.54, 1.807) is 14.2 Å². The van der Waals surface area contributed by atoms with Gasteiger partial charge in [-0.05, 0) is 36.5 Å². The predicted molar refractivity (Wildman–Crippen MR) is 98.7 cm³/mol. The molecule has 5 heteroatoms. The van der Waals surface area contributed by atoms with Crippen molar-refractivity contribution in [3.8, 4) is 11.5 Å². The Balaban J connectivity index is 1.71. The molecule has 0 aromatic heterocycles. The van der Waals surface area contributed by atoms with Crippen LogP contribution in [-0.2, 0) is 6.54 Å². The molecule has 0 atom stereocenters. The number of nitrogens with zero attached hydrogens (tertiary/aromatic N) is 1. The van der Waals surface area contributed by atoms with Crippen molar-refractivity contribution >= 4 is 5.96 Å². The van der Waals surface area contributed by atoms with E-state index >= 15 is 0 Å². The summed E-state index contributed by atoms with van der Waals surface area (Å²) < 4.78 is 10.5. The zero-order valence-electron chi connectivity index (χ0n) is 15.0. The van der Waals surface area contributed by atoms with Crippen LogP contribution in [0.15, 0.2) is 23.2 Å². The van der Waals surface area contributed by atoms with Gasteiger partial charge in [-0.2, -0.15) is 0 Å². The number of nitrogens with one attached hydrogen (secondary N) is 1. The van der Waals surface area contributed by atoms with E-state index in [0.29, 0.717) is 18.3 Å². The standard InChI is InChI=1S/C19H31N3O2/c1-23-17-11-10-16(13-18(17)24-2)14-22-19(20)21-12-6-9-15-7-4-3-5-8-15/h10-11,13,15H,3-9,12,14H2,1-2H3,(H3,20,21,22). The molecule has 3 N–H and O–H groups in total. The molecule has 0 saturated heterocycles. The minimum Gasteiger partial charge on any atom is -0.493 e. The van der Waals surface area contributed by atoms with E-state index in [-0.39, 0.29) is 0 Å². The summed E-state index contributed by atoms with van der Waals surface area (Å²) in [5.74, 6) is 2.86. The Morgan fingerprint density at radius 2 is 1.92 bits per heavy atom. The Morgan fingerprint density at radius 1 is 1.17 bits per heavy atom. The molecular weight excluding hydrogens is 302 g/mol. The molecule has 2 rings (SSSR count). The van der Waals surface area contributed by atoms with E-state index < -0.39 is 0 Å². The second-order valence-electron chi connectivity index (χ2n) is 6.46. The molecule has 5 nitrogen and oxygen atoms in total. The number of hydrogen-bond acceptors (Lipinski definition) is 3. The smallest absolute Gasteiger partial charge is 0.188 e. The van der Waals surface area contributed by atoms with Crippen LogP contribution in [-0.4, -0.2) is 26.7 Å². The van der Waals surface area contributed by atoms with Crippen LogP contribution in [0.4, 0.5) is 0 Å². The normalized spacial score (nSPS) is 16.0. The lowest BCUT2D eigenvalue weighted by molar-refractivity contribution is 0.332. The number of methoxy groups -OCH3 is 2. The van der Waals surface area contributed by atoms with Crippen molar-refractivity contribution in [1.82, 2.24) is 5.32 Å². The number of nitrogens with two attached hydrogens (primary N) is 1. The molecule has 1 aliphatic carbocycles. The summed E-state index contributed by atoms with van der Waals surface area (Å²) in [5, 5.41) is 3.22. The Labute approximate surface area is 145 Å². The van der Waals surface area contributed by atoms with E-state index in [4.69, 9.17) is 15.2 Å². The fourth-order valence-corrected chi connectivity index (χ4v) is 3.29. The van der Waals surface area contributed by atoms with Crippen LogP contribution in [0.2, 0.25) is 0 Å². The van der Waals surface area contributed by atoms with Gasteiger partial charge in [0.2, 0.25) is 0 Å². The Bertz CT molecular complexity index is 525. The highest BCUT2D eigenvalue weighted by Gasteiger charge is 2.12. The molecule has 0 amide bonds. The van der Waals surface area contributed by atoms with E-state index in [1.165, 1.54) is 38.5 Å². The maximum atomic E-state index is 5.95. The van der Waals surface area contributed by atoms with Gasteiger partial charge >= 0.3 is 0 Å². The number of rotatable bonds is 8. The number of benzene rings is 1. The van der Waals surface area contributed by atoms with Crippen LogP contribution in [0.25, 0.3) is 0 Å². The second kappa shape index (κ2) is 10.1. The fourth-order valence-electron chi connectivity index (χ4n) is 3.29. The first-order valence-electron chi connectivity index (χ1n) is 8.97. The summed E-state index contributed by atoms with van der Waals surface area (Å²) >= 11 is 0. The molecule has 1 aliphatic rings. The minimum atomic E-state index is 0.508. The Hall–Kier alpha value is -1.91. The topological polar surface area (TPSA) is 68.9 Å². The van der Waals surface area contributed by atoms with Crippen LogP contribution in [0.5, 0.6) is 11.5 Å². The van der Waals surface area contributed by atoms with E-state index in [2.05, 4.69) is 10.3 Å². The van der Waals surface area contributed by atoms with Gasteiger partial charge in [0.25, 0.3) is 0 Å². The van der Waals surface area contributed by atoms with Gasteiger partial charge in [0, 0.05) is 6.54 Å². The largest absolute Gasteiger partial charge is 0.493 e. The predicted octanol–water partition coefficient (Wildman–Crippen LogP) is 3.47. The second-order valence-corrected chi connectivity index (χ2v) is 6.46. The van der Waals surface area contributed by atoms with Crippen molar-refractivity contribution in [3.63, 3.8) is 0 Å². The van der Waals surface area contributed by atoms with Crippen molar-refractivity contribution in [2.45, 2.75) is 51.5 Å². The van der Waals surface area contributed by atoms with Crippen LogP contribution >= 0.6 is 0 Å². The van der Waals surface area contributed by atoms with Gasteiger partial charge in [-0.3, -0.25) is 0 Å². The summed E-state index contributed by atoms with van der Waals surface area (Å²) in [4.78, 5) is 4.40. The average Bonchev–Trinajstić information content (AvgIpc) is 2.64. The fraction of sp³-hybridized carbons (Fsp3) is 0.632. The van der Waals surface area contributed by atoms with Crippen molar-refractivity contribution in [2.24, 2.45) is 16.6 Å². The molecule has 0 aliphatic heterocycles. The molecular formula is C19H31N3O2. The molecule has 1 aromatic rings. The maximum absolute atomic E-state index is 5.95. The molecule has 1 saturated carbocycles. The zero-order chi connectivity index (χ0) is 17.2. The Morgan fingerprint density at radius 3 is 2.62 bits per heavy atom.